The van der Waals surface area contributed by atoms with Crippen LogP contribution in [0, 0.1) is 0 Å². The van der Waals surface area contributed by atoms with Gasteiger partial charge in [-0.1, -0.05) is 6.08 Å². The molecule has 1 aromatic rings. The lowest BCUT2D eigenvalue weighted by Gasteiger charge is -2.06. The molecule has 0 aliphatic rings. The monoisotopic (exact) mass is 281 g/mol. The highest BCUT2D eigenvalue weighted by atomic mass is 79.9. The largest absolute Gasteiger partial charge is 0.323 e. The van der Waals surface area contributed by atoms with E-state index in [1.54, 1.807) is 11.3 Å². The maximum absolute atomic E-state index is 5.94. The summed E-state index contributed by atoms with van der Waals surface area (Å²) in [5.74, 6) is 0. The minimum atomic E-state index is 0. The van der Waals surface area contributed by atoms with Gasteiger partial charge in [0.05, 0.1) is 0 Å². The number of nitrogens with two attached hydrogens (primary N) is 1. The van der Waals surface area contributed by atoms with Crippen LogP contribution in [0.1, 0.15) is 23.8 Å². The summed E-state index contributed by atoms with van der Waals surface area (Å²) in [4.78, 5) is 1.24. The second-order valence-corrected chi connectivity index (χ2v) is 4.50. The van der Waals surface area contributed by atoms with Crippen LogP contribution in [0.25, 0.3) is 0 Å². The van der Waals surface area contributed by atoms with Crippen molar-refractivity contribution in [3.63, 3.8) is 0 Å². The van der Waals surface area contributed by atoms with E-state index < -0.39 is 0 Å². The molecule has 0 amide bonds. The van der Waals surface area contributed by atoms with Crippen molar-refractivity contribution in [1.29, 1.82) is 0 Å². The van der Waals surface area contributed by atoms with Gasteiger partial charge in [0.25, 0.3) is 0 Å². The Morgan fingerprint density at radius 2 is 2.38 bits per heavy atom. The number of halogens is 2. The van der Waals surface area contributed by atoms with Crippen molar-refractivity contribution in [3.05, 3.63) is 33.5 Å². The van der Waals surface area contributed by atoms with E-state index in [-0.39, 0.29) is 18.4 Å². The molecule has 0 fully saturated rings. The quantitative estimate of drug-likeness (QED) is 0.833. The lowest BCUT2D eigenvalue weighted by atomic mass is 10.1. The topological polar surface area (TPSA) is 26.0 Å². The minimum absolute atomic E-state index is 0. The Morgan fingerprint density at radius 3 is 2.85 bits per heavy atom. The van der Waals surface area contributed by atoms with Crippen LogP contribution in [0.4, 0.5) is 0 Å². The predicted octanol–water partition coefficient (Wildman–Crippen LogP) is 3.90. The van der Waals surface area contributed by atoms with Gasteiger partial charge >= 0.3 is 0 Å². The van der Waals surface area contributed by atoms with E-state index in [0.29, 0.717) is 0 Å². The van der Waals surface area contributed by atoms with Gasteiger partial charge < -0.3 is 5.73 Å². The van der Waals surface area contributed by atoms with Gasteiger partial charge in [0.1, 0.15) is 0 Å². The Labute approximate surface area is 97.6 Å². The van der Waals surface area contributed by atoms with E-state index in [2.05, 4.69) is 34.0 Å². The summed E-state index contributed by atoms with van der Waals surface area (Å²) in [6.07, 6.45) is 3.87. The summed E-state index contributed by atoms with van der Waals surface area (Å²) in [7, 11) is 0. The van der Waals surface area contributed by atoms with Gasteiger partial charge in [-0.05, 0) is 34.8 Å². The van der Waals surface area contributed by atoms with Gasteiger partial charge in [0, 0.05) is 20.8 Å². The van der Waals surface area contributed by atoms with Crippen LogP contribution < -0.4 is 5.73 Å². The van der Waals surface area contributed by atoms with E-state index in [1.807, 2.05) is 6.08 Å². The molecule has 0 aromatic carbocycles. The average Bonchev–Trinajstić information content (AvgIpc) is 2.47. The Kier molecular flexibility index (Phi) is 6.68. The Morgan fingerprint density at radius 1 is 1.69 bits per heavy atom. The molecule has 4 heteroatoms. The molecule has 0 bridgehead atoms. The Hall–Kier alpha value is 0.170. The van der Waals surface area contributed by atoms with Crippen LogP contribution in [0.15, 0.2) is 28.6 Å². The molecule has 0 aliphatic heterocycles. The summed E-state index contributed by atoms with van der Waals surface area (Å²) >= 11 is 5.11. The highest BCUT2D eigenvalue weighted by Crippen LogP contribution is 2.26. The third-order valence-electron chi connectivity index (χ3n) is 1.63. The molecule has 1 rings (SSSR count). The lowest BCUT2D eigenvalue weighted by molar-refractivity contribution is 0.672. The van der Waals surface area contributed by atoms with E-state index >= 15 is 0 Å². The first-order valence-electron chi connectivity index (χ1n) is 3.84. The molecule has 1 heterocycles. The first-order valence-corrected chi connectivity index (χ1v) is 5.51. The zero-order chi connectivity index (χ0) is 8.97. The molecule has 1 atom stereocenters. The molecule has 0 saturated heterocycles. The molecular weight excluding hydrogens is 270 g/mol. The van der Waals surface area contributed by atoms with Crippen LogP contribution in [0.2, 0.25) is 0 Å². The van der Waals surface area contributed by atoms with E-state index in [0.717, 1.165) is 17.3 Å². The summed E-state index contributed by atoms with van der Waals surface area (Å²) in [6.45, 7) is 3.67. The number of allylic oxidation sites excluding steroid dienone is 1. The summed E-state index contributed by atoms with van der Waals surface area (Å²) in [6, 6.07) is 2.25. The van der Waals surface area contributed by atoms with Crippen molar-refractivity contribution >= 4 is 39.7 Å². The molecule has 1 aromatic heterocycles. The van der Waals surface area contributed by atoms with Crippen LogP contribution in [-0.4, -0.2) is 0 Å². The van der Waals surface area contributed by atoms with Gasteiger partial charge in [-0.2, -0.15) is 0 Å². The first kappa shape index (κ1) is 13.2. The fraction of sp³-hybridized carbons (Fsp3) is 0.333. The normalized spacial score (nSPS) is 11.8. The standard InChI is InChI=1S/C9H12BrNS.ClH/c1-2-3-4-8(11)9-5-7(10)6-12-9;/h2,5-6,8H,1,3-4,11H2;1H/t8-;/m1./s1. The van der Waals surface area contributed by atoms with Crippen molar-refractivity contribution in [2.45, 2.75) is 18.9 Å². The maximum Gasteiger partial charge on any atom is 0.0393 e. The van der Waals surface area contributed by atoms with Gasteiger partial charge in [0.15, 0.2) is 0 Å². The highest BCUT2D eigenvalue weighted by Gasteiger charge is 2.06. The van der Waals surface area contributed by atoms with Crippen molar-refractivity contribution in [3.8, 4) is 0 Å². The van der Waals surface area contributed by atoms with Gasteiger partial charge in [-0.3, -0.25) is 0 Å². The first-order chi connectivity index (χ1) is 5.74. The maximum atomic E-state index is 5.94. The fourth-order valence-corrected chi connectivity index (χ4v) is 2.45. The van der Waals surface area contributed by atoms with Crippen molar-refractivity contribution in [1.82, 2.24) is 0 Å². The van der Waals surface area contributed by atoms with Crippen molar-refractivity contribution < 1.29 is 0 Å². The summed E-state index contributed by atoms with van der Waals surface area (Å²) in [5, 5.41) is 2.06. The molecule has 2 N–H and O–H groups in total. The minimum Gasteiger partial charge on any atom is -0.323 e. The second-order valence-electron chi connectivity index (χ2n) is 2.64. The van der Waals surface area contributed by atoms with E-state index in [4.69, 9.17) is 5.73 Å². The number of hydrogen-bond acceptors (Lipinski definition) is 2. The zero-order valence-electron chi connectivity index (χ0n) is 7.20. The van der Waals surface area contributed by atoms with Crippen molar-refractivity contribution in [2.24, 2.45) is 5.73 Å². The van der Waals surface area contributed by atoms with Crippen LogP contribution in [0.5, 0.6) is 0 Å². The fourth-order valence-electron chi connectivity index (χ4n) is 0.962. The van der Waals surface area contributed by atoms with Crippen LogP contribution >= 0.6 is 39.7 Å². The molecule has 74 valence electrons. The van der Waals surface area contributed by atoms with E-state index in [1.165, 1.54) is 4.88 Å². The molecule has 0 saturated carbocycles. The lowest BCUT2D eigenvalue weighted by Crippen LogP contribution is -2.07. The smallest absolute Gasteiger partial charge is 0.0393 e. The zero-order valence-corrected chi connectivity index (χ0v) is 10.4. The van der Waals surface area contributed by atoms with Gasteiger partial charge in [0.2, 0.25) is 0 Å². The van der Waals surface area contributed by atoms with Crippen LogP contribution in [-0.2, 0) is 0 Å². The molecule has 13 heavy (non-hydrogen) atoms. The van der Waals surface area contributed by atoms with Crippen molar-refractivity contribution in [2.75, 3.05) is 0 Å². The molecule has 0 radical (unpaired) electrons. The van der Waals surface area contributed by atoms with Gasteiger partial charge in [-0.25, -0.2) is 0 Å². The number of hydrogen-bond donors (Lipinski definition) is 1. The molecule has 0 aliphatic carbocycles. The SMILES string of the molecule is C=CCC[C@@H](N)c1cc(Br)cs1.Cl. The molecular formula is C9H13BrClNS. The predicted molar refractivity (Wildman–Crippen MR) is 65.6 cm³/mol. The average molecular weight is 283 g/mol. The molecule has 0 spiro atoms. The summed E-state index contributed by atoms with van der Waals surface area (Å²) in [5.41, 5.74) is 5.94. The van der Waals surface area contributed by atoms with Gasteiger partial charge in [-0.15, -0.1) is 30.3 Å². The van der Waals surface area contributed by atoms with E-state index in [9.17, 15) is 0 Å². The van der Waals surface area contributed by atoms with Crippen LogP contribution in [0.3, 0.4) is 0 Å². The molecule has 0 unspecified atom stereocenters. The third kappa shape index (κ3) is 4.27. The summed E-state index contributed by atoms with van der Waals surface area (Å²) < 4.78 is 1.12. The second kappa shape index (κ2) is 6.60. The highest BCUT2D eigenvalue weighted by molar-refractivity contribution is 9.10. The Balaban J connectivity index is 0.00000144. The number of thiophene rings is 1. The molecule has 1 nitrogen and oxygen atoms in total. The third-order valence-corrected chi connectivity index (χ3v) is 3.46. The Bertz CT molecular complexity index is 262. The number of rotatable bonds is 4.